The standard InChI is InChI=1S/C10H16O2/c1-6(2)8-4-9(11)7(3)10(12)5-8/h7-9,11H,1,4-5H2,2-3H3/t7?,8-,9-/m1/s1. The fraction of sp³-hybridized carbons (Fsp3) is 0.700. The van der Waals surface area contributed by atoms with Gasteiger partial charge in [0.2, 0.25) is 0 Å². The molecule has 1 saturated carbocycles. The molecule has 0 amide bonds. The molecule has 0 bridgehead atoms. The maximum absolute atomic E-state index is 11.3. The van der Waals surface area contributed by atoms with Crippen LogP contribution in [0.2, 0.25) is 0 Å². The zero-order valence-corrected chi connectivity index (χ0v) is 7.71. The number of ketones is 1. The molecule has 2 nitrogen and oxygen atoms in total. The number of carbonyl (C=O) groups excluding carboxylic acids is 1. The highest BCUT2D eigenvalue weighted by Gasteiger charge is 2.32. The normalized spacial score (nSPS) is 36.6. The van der Waals surface area contributed by atoms with Crippen LogP contribution in [0.15, 0.2) is 12.2 Å². The lowest BCUT2D eigenvalue weighted by Gasteiger charge is -2.30. The van der Waals surface area contributed by atoms with E-state index in [0.29, 0.717) is 12.8 Å². The number of Topliss-reactive ketones (excluding diaryl/α,β-unsaturated/α-hetero) is 1. The van der Waals surface area contributed by atoms with E-state index in [2.05, 4.69) is 6.58 Å². The first-order valence-electron chi connectivity index (χ1n) is 4.38. The van der Waals surface area contributed by atoms with E-state index in [1.807, 2.05) is 6.92 Å². The second kappa shape index (κ2) is 3.40. The molecule has 68 valence electrons. The molecule has 2 heteroatoms. The number of aliphatic hydroxyl groups excluding tert-OH is 1. The first-order valence-corrected chi connectivity index (χ1v) is 4.38. The van der Waals surface area contributed by atoms with Crippen molar-refractivity contribution in [3.05, 3.63) is 12.2 Å². The molecular formula is C10H16O2. The van der Waals surface area contributed by atoms with Crippen molar-refractivity contribution in [1.82, 2.24) is 0 Å². The molecule has 0 aromatic carbocycles. The Kier molecular flexibility index (Phi) is 2.68. The molecule has 0 aliphatic heterocycles. The maximum Gasteiger partial charge on any atom is 0.138 e. The van der Waals surface area contributed by atoms with Crippen LogP contribution in [-0.2, 0) is 4.79 Å². The third-order valence-electron chi connectivity index (χ3n) is 2.76. The topological polar surface area (TPSA) is 37.3 Å². The summed E-state index contributed by atoms with van der Waals surface area (Å²) in [6, 6.07) is 0. The van der Waals surface area contributed by atoms with E-state index >= 15 is 0 Å². The molecule has 1 aliphatic rings. The lowest BCUT2D eigenvalue weighted by atomic mass is 9.77. The van der Waals surface area contributed by atoms with Gasteiger partial charge in [-0.05, 0) is 19.3 Å². The van der Waals surface area contributed by atoms with Crippen molar-refractivity contribution >= 4 is 5.78 Å². The van der Waals surface area contributed by atoms with E-state index in [4.69, 9.17) is 0 Å². The van der Waals surface area contributed by atoms with E-state index in [0.717, 1.165) is 5.57 Å². The summed E-state index contributed by atoms with van der Waals surface area (Å²) >= 11 is 0. The zero-order chi connectivity index (χ0) is 9.30. The van der Waals surface area contributed by atoms with Gasteiger partial charge in [0.1, 0.15) is 5.78 Å². The first kappa shape index (κ1) is 9.46. The highest BCUT2D eigenvalue weighted by molar-refractivity contribution is 5.82. The predicted octanol–water partition coefficient (Wildman–Crippen LogP) is 1.54. The van der Waals surface area contributed by atoms with E-state index in [1.165, 1.54) is 0 Å². The Morgan fingerprint density at radius 1 is 1.67 bits per heavy atom. The van der Waals surface area contributed by atoms with Gasteiger partial charge in [-0.25, -0.2) is 0 Å². The van der Waals surface area contributed by atoms with Gasteiger partial charge < -0.3 is 5.11 Å². The molecule has 1 aliphatic carbocycles. The van der Waals surface area contributed by atoms with Crippen LogP contribution in [0.5, 0.6) is 0 Å². The maximum atomic E-state index is 11.3. The van der Waals surface area contributed by atoms with Gasteiger partial charge in [-0.3, -0.25) is 4.79 Å². The predicted molar refractivity (Wildman–Crippen MR) is 47.7 cm³/mol. The lowest BCUT2D eigenvalue weighted by Crippen LogP contribution is -2.35. The third kappa shape index (κ3) is 1.75. The van der Waals surface area contributed by atoms with Crippen molar-refractivity contribution in [2.75, 3.05) is 0 Å². The SMILES string of the molecule is C=C(C)[C@H]1CC(=O)C(C)[C@H](O)C1. The Balaban J connectivity index is 2.66. The zero-order valence-electron chi connectivity index (χ0n) is 7.71. The van der Waals surface area contributed by atoms with E-state index < -0.39 is 6.10 Å². The van der Waals surface area contributed by atoms with E-state index in [9.17, 15) is 9.90 Å². The summed E-state index contributed by atoms with van der Waals surface area (Å²) in [4.78, 5) is 11.3. The molecule has 0 aromatic rings. The molecule has 1 N–H and O–H groups in total. The van der Waals surface area contributed by atoms with Gasteiger partial charge in [-0.15, -0.1) is 0 Å². The van der Waals surface area contributed by atoms with Gasteiger partial charge in [0.05, 0.1) is 6.10 Å². The smallest absolute Gasteiger partial charge is 0.138 e. The van der Waals surface area contributed by atoms with E-state index in [1.54, 1.807) is 6.92 Å². The summed E-state index contributed by atoms with van der Waals surface area (Å²) in [7, 11) is 0. The number of rotatable bonds is 1. The van der Waals surface area contributed by atoms with Crippen LogP contribution in [0.1, 0.15) is 26.7 Å². The lowest BCUT2D eigenvalue weighted by molar-refractivity contribution is -0.129. The van der Waals surface area contributed by atoms with Crippen molar-refractivity contribution in [3.63, 3.8) is 0 Å². The highest BCUT2D eigenvalue weighted by atomic mass is 16.3. The molecule has 3 atom stereocenters. The molecule has 0 spiro atoms. The van der Waals surface area contributed by atoms with Crippen LogP contribution in [0.4, 0.5) is 0 Å². The Bertz CT molecular complexity index is 208. The summed E-state index contributed by atoms with van der Waals surface area (Å²) in [5.74, 6) is 0.186. The molecule has 0 saturated heterocycles. The van der Waals surface area contributed by atoms with Gasteiger partial charge in [-0.1, -0.05) is 19.1 Å². The minimum atomic E-state index is -0.465. The summed E-state index contributed by atoms with van der Waals surface area (Å²) < 4.78 is 0. The number of hydrogen-bond acceptors (Lipinski definition) is 2. The van der Waals surface area contributed by atoms with Gasteiger partial charge in [0, 0.05) is 12.3 Å². The third-order valence-corrected chi connectivity index (χ3v) is 2.76. The minimum absolute atomic E-state index is 0.168. The number of carbonyl (C=O) groups is 1. The fourth-order valence-electron chi connectivity index (χ4n) is 1.60. The Labute approximate surface area is 73.3 Å². The van der Waals surface area contributed by atoms with Gasteiger partial charge in [0.25, 0.3) is 0 Å². The number of aliphatic hydroxyl groups is 1. The van der Waals surface area contributed by atoms with Gasteiger partial charge in [-0.2, -0.15) is 0 Å². The van der Waals surface area contributed by atoms with Crippen molar-refractivity contribution in [1.29, 1.82) is 0 Å². The second-order valence-corrected chi connectivity index (χ2v) is 3.81. The molecule has 0 aromatic heterocycles. The van der Waals surface area contributed by atoms with Crippen LogP contribution in [0.25, 0.3) is 0 Å². The minimum Gasteiger partial charge on any atom is -0.392 e. The molecule has 12 heavy (non-hydrogen) atoms. The van der Waals surface area contributed by atoms with Crippen molar-refractivity contribution in [3.8, 4) is 0 Å². The van der Waals surface area contributed by atoms with Gasteiger partial charge >= 0.3 is 0 Å². The number of hydrogen-bond donors (Lipinski definition) is 1. The quantitative estimate of drug-likeness (QED) is 0.603. The van der Waals surface area contributed by atoms with Gasteiger partial charge in [0.15, 0.2) is 0 Å². The first-order chi connectivity index (χ1) is 5.52. The molecule has 1 fully saturated rings. The van der Waals surface area contributed by atoms with Crippen LogP contribution < -0.4 is 0 Å². The summed E-state index contributed by atoms with van der Waals surface area (Å²) in [6.45, 7) is 7.52. The second-order valence-electron chi connectivity index (χ2n) is 3.81. The molecule has 1 rings (SSSR count). The summed E-state index contributed by atoms with van der Waals surface area (Å²) in [5.41, 5.74) is 1.01. The van der Waals surface area contributed by atoms with Crippen LogP contribution >= 0.6 is 0 Å². The average molecular weight is 168 g/mol. The average Bonchev–Trinajstić information content (AvgIpc) is 1.99. The summed E-state index contributed by atoms with van der Waals surface area (Å²) in [5, 5.41) is 9.51. The molecule has 0 heterocycles. The van der Waals surface area contributed by atoms with E-state index in [-0.39, 0.29) is 17.6 Å². The number of allylic oxidation sites excluding steroid dienone is 1. The van der Waals surface area contributed by atoms with Crippen LogP contribution in [0, 0.1) is 11.8 Å². The Morgan fingerprint density at radius 2 is 2.25 bits per heavy atom. The molecule has 0 radical (unpaired) electrons. The molecular weight excluding hydrogens is 152 g/mol. The monoisotopic (exact) mass is 168 g/mol. The largest absolute Gasteiger partial charge is 0.392 e. The highest BCUT2D eigenvalue weighted by Crippen LogP contribution is 2.30. The fourth-order valence-corrected chi connectivity index (χ4v) is 1.60. The van der Waals surface area contributed by atoms with Crippen molar-refractivity contribution < 1.29 is 9.90 Å². The summed E-state index contributed by atoms with van der Waals surface area (Å²) in [6.07, 6.45) is 0.795. The molecule has 1 unspecified atom stereocenters. The van der Waals surface area contributed by atoms with Crippen LogP contribution in [-0.4, -0.2) is 17.0 Å². The van der Waals surface area contributed by atoms with Crippen LogP contribution in [0.3, 0.4) is 0 Å². The van der Waals surface area contributed by atoms with Crippen molar-refractivity contribution in [2.24, 2.45) is 11.8 Å². The Morgan fingerprint density at radius 3 is 2.67 bits per heavy atom. The van der Waals surface area contributed by atoms with Crippen molar-refractivity contribution in [2.45, 2.75) is 32.8 Å². The Hall–Kier alpha value is -0.630.